The minimum Gasteiger partial charge on any atom is -0.334 e. The zero-order valence-corrected chi connectivity index (χ0v) is 10.6. The number of rotatable bonds is 3. The van der Waals surface area contributed by atoms with Gasteiger partial charge in [-0.05, 0) is 30.5 Å². The highest BCUT2D eigenvalue weighted by Crippen LogP contribution is 2.31. The molecule has 4 heteroatoms. The highest BCUT2D eigenvalue weighted by atomic mass is 19.1. The molecule has 1 saturated heterocycles. The summed E-state index contributed by atoms with van der Waals surface area (Å²) in [5.41, 5.74) is 7.07. The fraction of sp³-hybridized carbons (Fsp3) is 0.500. The van der Waals surface area contributed by atoms with Crippen molar-refractivity contribution < 1.29 is 9.18 Å². The maximum atomic E-state index is 13.0. The van der Waals surface area contributed by atoms with Gasteiger partial charge in [0.1, 0.15) is 5.82 Å². The van der Waals surface area contributed by atoms with Gasteiger partial charge in [-0.3, -0.25) is 4.79 Å². The van der Waals surface area contributed by atoms with E-state index in [1.807, 2.05) is 11.8 Å². The van der Waals surface area contributed by atoms with Crippen molar-refractivity contribution in [1.82, 2.24) is 4.90 Å². The summed E-state index contributed by atoms with van der Waals surface area (Å²) in [7, 11) is 0. The third-order valence-electron chi connectivity index (χ3n) is 3.43. The second kappa shape index (κ2) is 5.48. The zero-order valence-electron chi connectivity index (χ0n) is 10.6. The molecular formula is C14H19FN2O. The average molecular weight is 250 g/mol. The van der Waals surface area contributed by atoms with Gasteiger partial charge < -0.3 is 10.6 Å². The molecule has 1 amide bonds. The molecule has 0 bridgehead atoms. The quantitative estimate of drug-likeness (QED) is 0.894. The highest BCUT2D eigenvalue weighted by molar-refractivity contribution is 5.78. The second-order valence-corrected chi connectivity index (χ2v) is 4.79. The lowest BCUT2D eigenvalue weighted by Gasteiger charge is -2.40. The molecule has 3 nitrogen and oxygen atoms in total. The Morgan fingerprint density at radius 1 is 1.39 bits per heavy atom. The maximum absolute atomic E-state index is 13.0. The molecule has 98 valence electrons. The summed E-state index contributed by atoms with van der Waals surface area (Å²) in [6.07, 6.45) is 2.11. The lowest BCUT2D eigenvalue weighted by molar-refractivity contribution is -0.137. The summed E-state index contributed by atoms with van der Waals surface area (Å²) in [4.78, 5) is 13.8. The molecule has 1 heterocycles. The molecule has 1 aromatic rings. The van der Waals surface area contributed by atoms with Crippen LogP contribution in [0.25, 0.3) is 0 Å². The van der Waals surface area contributed by atoms with Crippen molar-refractivity contribution >= 4 is 5.91 Å². The largest absolute Gasteiger partial charge is 0.334 e. The monoisotopic (exact) mass is 250 g/mol. The molecule has 0 aliphatic carbocycles. The van der Waals surface area contributed by atoms with Crippen LogP contribution in [0.15, 0.2) is 24.3 Å². The molecule has 1 aliphatic rings. The molecule has 0 saturated carbocycles. The van der Waals surface area contributed by atoms with Crippen LogP contribution in [0.2, 0.25) is 0 Å². The van der Waals surface area contributed by atoms with E-state index >= 15 is 0 Å². The van der Waals surface area contributed by atoms with Gasteiger partial charge in [0.2, 0.25) is 5.91 Å². The molecule has 2 N–H and O–H groups in total. The maximum Gasteiger partial charge on any atom is 0.223 e. The van der Waals surface area contributed by atoms with Crippen molar-refractivity contribution in [3.63, 3.8) is 0 Å². The predicted molar refractivity (Wildman–Crippen MR) is 68.4 cm³/mol. The fourth-order valence-electron chi connectivity index (χ4n) is 2.57. The van der Waals surface area contributed by atoms with Crippen LogP contribution >= 0.6 is 0 Å². The number of nitrogens with two attached hydrogens (primary N) is 1. The smallest absolute Gasteiger partial charge is 0.223 e. The van der Waals surface area contributed by atoms with Gasteiger partial charge in [-0.1, -0.05) is 19.1 Å². The Morgan fingerprint density at radius 3 is 2.67 bits per heavy atom. The summed E-state index contributed by atoms with van der Waals surface area (Å²) in [5, 5.41) is 0. The van der Waals surface area contributed by atoms with Crippen LogP contribution in [0.5, 0.6) is 0 Å². The standard InChI is InChI=1S/C14H19FN2O/c1-2-9-17-13(18)8-7-12(16)14(17)10-3-5-11(15)6-4-10/h3-6,12,14H,2,7-9,16H2,1H3. The van der Waals surface area contributed by atoms with E-state index in [1.54, 1.807) is 12.1 Å². The van der Waals surface area contributed by atoms with Crippen LogP contribution in [0.1, 0.15) is 37.8 Å². The van der Waals surface area contributed by atoms with Gasteiger partial charge in [-0.15, -0.1) is 0 Å². The molecule has 2 atom stereocenters. The van der Waals surface area contributed by atoms with E-state index in [0.717, 1.165) is 12.0 Å². The van der Waals surface area contributed by atoms with Crippen molar-refractivity contribution in [1.29, 1.82) is 0 Å². The van der Waals surface area contributed by atoms with E-state index in [0.29, 0.717) is 19.4 Å². The molecule has 18 heavy (non-hydrogen) atoms. The summed E-state index contributed by atoms with van der Waals surface area (Å²) < 4.78 is 13.0. The van der Waals surface area contributed by atoms with E-state index in [2.05, 4.69) is 0 Å². The minimum atomic E-state index is -0.267. The number of nitrogens with zero attached hydrogens (tertiary/aromatic N) is 1. The first-order valence-corrected chi connectivity index (χ1v) is 6.44. The Labute approximate surface area is 107 Å². The van der Waals surface area contributed by atoms with Gasteiger partial charge in [-0.2, -0.15) is 0 Å². The summed E-state index contributed by atoms with van der Waals surface area (Å²) in [6.45, 7) is 2.74. The van der Waals surface area contributed by atoms with Crippen molar-refractivity contribution in [3.05, 3.63) is 35.6 Å². The number of carbonyl (C=O) groups is 1. The second-order valence-electron chi connectivity index (χ2n) is 4.79. The van der Waals surface area contributed by atoms with E-state index in [9.17, 15) is 9.18 Å². The number of likely N-dealkylation sites (tertiary alicyclic amines) is 1. The lowest BCUT2D eigenvalue weighted by Crippen LogP contribution is -2.49. The first kappa shape index (κ1) is 13.0. The summed E-state index contributed by atoms with van der Waals surface area (Å²) in [6, 6.07) is 6.10. The van der Waals surface area contributed by atoms with Gasteiger partial charge in [0, 0.05) is 19.0 Å². The van der Waals surface area contributed by atoms with Crippen LogP contribution in [0.4, 0.5) is 4.39 Å². The highest BCUT2D eigenvalue weighted by Gasteiger charge is 2.34. The number of carbonyl (C=O) groups excluding carboxylic acids is 1. The fourth-order valence-corrected chi connectivity index (χ4v) is 2.57. The zero-order chi connectivity index (χ0) is 13.1. The van der Waals surface area contributed by atoms with Gasteiger partial charge in [-0.25, -0.2) is 4.39 Å². The minimum absolute atomic E-state index is 0.0697. The van der Waals surface area contributed by atoms with Crippen LogP contribution in [0, 0.1) is 5.82 Å². The van der Waals surface area contributed by atoms with Gasteiger partial charge in [0.15, 0.2) is 0 Å². The molecule has 2 unspecified atom stereocenters. The number of benzene rings is 1. The van der Waals surface area contributed by atoms with Gasteiger partial charge >= 0.3 is 0 Å². The van der Waals surface area contributed by atoms with Gasteiger partial charge in [0.05, 0.1) is 6.04 Å². The van der Waals surface area contributed by atoms with Crippen molar-refractivity contribution in [2.24, 2.45) is 5.73 Å². The van der Waals surface area contributed by atoms with Crippen molar-refractivity contribution in [2.75, 3.05) is 6.54 Å². The Kier molecular flexibility index (Phi) is 3.97. The van der Waals surface area contributed by atoms with Crippen molar-refractivity contribution in [2.45, 2.75) is 38.3 Å². The van der Waals surface area contributed by atoms with E-state index in [-0.39, 0.29) is 23.8 Å². The first-order valence-electron chi connectivity index (χ1n) is 6.44. The molecule has 1 fully saturated rings. The van der Waals surface area contributed by atoms with E-state index < -0.39 is 0 Å². The number of hydrogen-bond acceptors (Lipinski definition) is 2. The molecule has 0 radical (unpaired) electrons. The third kappa shape index (κ3) is 2.53. The summed E-state index contributed by atoms with van der Waals surface area (Å²) >= 11 is 0. The van der Waals surface area contributed by atoms with Gasteiger partial charge in [0.25, 0.3) is 0 Å². The topological polar surface area (TPSA) is 46.3 Å². The molecule has 2 rings (SSSR count). The van der Waals surface area contributed by atoms with E-state index in [4.69, 9.17) is 5.73 Å². The third-order valence-corrected chi connectivity index (χ3v) is 3.43. The normalized spacial score (nSPS) is 24.4. The van der Waals surface area contributed by atoms with Crippen LogP contribution in [-0.4, -0.2) is 23.4 Å². The average Bonchev–Trinajstić information content (AvgIpc) is 2.36. The number of piperidine rings is 1. The Balaban J connectivity index is 2.30. The number of hydrogen-bond donors (Lipinski definition) is 1. The summed E-state index contributed by atoms with van der Waals surface area (Å²) in [5.74, 6) is -0.121. The lowest BCUT2D eigenvalue weighted by atomic mass is 9.90. The SMILES string of the molecule is CCCN1C(=O)CCC(N)C1c1ccc(F)cc1. The Morgan fingerprint density at radius 2 is 2.06 bits per heavy atom. The Bertz CT molecular complexity index is 418. The van der Waals surface area contributed by atoms with E-state index in [1.165, 1.54) is 12.1 Å². The van der Waals surface area contributed by atoms with Crippen molar-refractivity contribution in [3.8, 4) is 0 Å². The molecule has 0 aromatic heterocycles. The molecule has 1 aromatic carbocycles. The molecule has 1 aliphatic heterocycles. The predicted octanol–water partition coefficient (Wildman–Crippen LogP) is 2.23. The van der Waals surface area contributed by atoms with Crippen LogP contribution in [0.3, 0.4) is 0 Å². The molecular weight excluding hydrogens is 231 g/mol. The van der Waals surface area contributed by atoms with Crippen LogP contribution < -0.4 is 5.73 Å². The first-order chi connectivity index (χ1) is 8.63. The Hall–Kier alpha value is -1.42. The number of halogens is 1. The number of amides is 1. The van der Waals surface area contributed by atoms with Crippen LogP contribution in [-0.2, 0) is 4.79 Å². The molecule has 0 spiro atoms.